The maximum absolute atomic E-state index is 12.4. The van der Waals surface area contributed by atoms with Crippen LogP contribution in [0.25, 0.3) is 44.8 Å². The fraction of sp³-hybridized carbons (Fsp3) is 0.154. The van der Waals surface area contributed by atoms with E-state index in [1.165, 1.54) is 0 Å². The summed E-state index contributed by atoms with van der Waals surface area (Å²) in [4.78, 5) is 41.4. The van der Waals surface area contributed by atoms with E-state index in [2.05, 4.69) is 25.3 Å². The number of amides is 1. The van der Waals surface area contributed by atoms with Crippen LogP contribution in [0.2, 0.25) is 0 Å². The lowest BCUT2D eigenvalue weighted by Gasteiger charge is -2.10. The van der Waals surface area contributed by atoms with E-state index in [0.717, 1.165) is 28.7 Å². The summed E-state index contributed by atoms with van der Waals surface area (Å²) in [5, 5.41) is 12.1. The standard InChI is InChI=1S/C26H24N6O3/c1-32(2)12-11-27-25(33)17-7-9-19-21(13-17)30-23(28-19)15-3-5-16(6-4-15)24-29-20-10-8-18(26(34)35)14-22(20)31-24/h3-10,13-14H,11-12H2,1-2H3,(H,27,33)(H,28,30)(H,29,31)(H,34,35). The highest BCUT2D eigenvalue weighted by Gasteiger charge is 2.12. The third kappa shape index (κ3) is 4.62. The number of benzene rings is 3. The molecule has 35 heavy (non-hydrogen) atoms. The van der Waals surface area contributed by atoms with Crippen LogP contribution in [0, 0.1) is 0 Å². The topological polar surface area (TPSA) is 127 Å². The lowest BCUT2D eigenvalue weighted by molar-refractivity contribution is 0.0696. The molecule has 0 aliphatic rings. The van der Waals surface area contributed by atoms with Crippen LogP contribution in [0.4, 0.5) is 0 Å². The molecule has 0 bridgehead atoms. The number of hydrogen-bond donors (Lipinski definition) is 4. The first-order chi connectivity index (χ1) is 16.9. The molecular formula is C26H24N6O3. The number of carboxylic acids is 1. The van der Waals surface area contributed by atoms with Crippen molar-refractivity contribution >= 4 is 33.9 Å². The summed E-state index contributed by atoms with van der Waals surface area (Å²) in [5.74, 6) is 0.266. The fourth-order valence-corrected chi connectivity index (χ4v) is 3.85. The van der Waals surface area contributed by atoms with Gasteiger partial charge in [0.2, 0.25) is 0 Å². The van der Waals surface area contributed by atoms with Crippen molar-refractivity contribution in [2.24, 2.45) is 0 Å². The fourth-order valence-electron chi connectivity index (χ4n) is 3.85. The van der Waals surface area contributed by atoms with Crippen molar-refractivity contribution in [3.63, 3.8) is 0 Å². The number of likely N-dealkylation sites (N-methyl/N-ethyl adjacent to an activating group) is 1. The minimum absolute atomic E-state index is 0.115. The predicted octanol–water partition coefficient (Wildman–Crippen LogP) is 3.76. The van der Waals surface area contributed by atoms with Gasteiger partial charge in [0, 0.05) is 29.8 Å². The maximum Gasteiger partial charge on any atom is 0.335 e. The van der Waals surface area contributed by atoms with E-state index in [-0.39, 0.29) is 11.5 Å². The lowest BCUT2D eigenvalue weighted by atomic mass is 10.1. The molecule has 1 amide bonds. The Hall–Kier alpha value is -4.50. The van der Waals surface area contributed by atoms with Crippen LogP contribution in [-0.2, 0) is 0 Å². The van der Waals surface area contributed by atoms with Crippen LogP contribution in [0.3, 0.4) is 0 Å². The number of imidazole rings is 2. The van der Waals surface area contributed by atoms with Crippen LogP contribution in [-0.4, -0.2) is 69.0 Å². The maximum atomic E-state index is 12.4. The third-order valence-corrected chi connectivity index (χ3v) is 5.75. The molecule has 0 fully saturated rings. The number of rotatable bonds is 7. The number of carbonyl (C=O) groups is 2. The van der Waals surface area contributed by atoms with Gasteiger partial charge in [-0.25, -0.2) is 14.8 Å². The smallest absolute Gasteiger partial charge is 0.335 e. The van der Waals surface area contributed by atoms with Crippen molar-refractivity contribution in [1.29, 1.82) is 0 Å². The Morgan fingerprint density at radius 3 is 1.86 bits per heavy atom. The second kappa shape index (κ2) is 9.03. The van der Waals surface area contributed by atoms with Crippen LogP contribution in [0.5, 0.6) is 0 Å². The summed E-state index contributed by atoms with van der Waals surface area (Å²) in [6.07, 6.45) is 0. The molecule has 2 aromatic heterocycles. The minimum atomic E-state index is -0.977. The lowest BCUT2D eigenvalue weighted by Crippen LogP contribution is -2.31. The number of aromatic nitrogens is 4. The van der Waals surface area contributed by atoms with Crippen molar-refractivity contribution in [2.45, 2.75) is 0 Å². The van der Waals surface area contributed by atoms with Crippen LogP contribution in [0.15, 0.2) is 60.7 Å². The van der Waals surface area contributed by atoms with E-state index in [1.807, 2.05) is 55.4 Å². The molecule has 0 unspecified atom stereocenters. The summed E-state index contributed by atoms with van der Waals surface area (Å²) < 4.78 is 0. The monoisotopic (exact) mass is 468 g/mol. The van der Waals surface area contributed by atoms with Gasteiger partial charge in [-0.05, 0) is 50.5 Å². The zero-order valence-electron chi connectivity index (χ0n) is 19.3. The van der Waals surface area contributed by atoms with E-state index in [0.29, 0.717) is 34.8 Å². The van der Waals surface area contributed by atoms with Crippen LogP contribution in [0.1, 0.15) is 20.7 Å². The molecule has 0 saturated carbocycles. The normalized spacial score (nSPS) is 11.4. The SMILES string of the molecule is CN(C)CCNC(=O)c1ccc2nc(-c3ccc(-c4nc5ccc(C(=O)O)cc5[nH]4)cc3)[nH]c2c1. The Morgan fingerprint density at radius 2 is 1.34 bits per heavy atom. The average molecular weight is 469 g/mol. The number of aromatic carboxylic acids is 1. The number of nitrogens with one attached hydrogen (secondary N) is 3. The quantitative estimate of drug-likeness (QED) is 0.288. The highest BCUT2D eigenvalue weighted by molar-refractivity contribution is 5.97. The molecule has 5 rings (SSSR count). The number of H-pyrrole nitrogens is 2. The van der Waals surface area contributed by atoms with Crippen LogP contribution < -0.4 is 5.32 Å². The first-order valence-electron chi connectivity index (χ1n) is 11.1. The molecule has 0 radical (unpaired) electrons. The van der Waals surface area contributed by atoms with Crippen LogP contribution >= 0.6 is 0 Å². The highest BCUT2D eigenvalue weighted by Crippen LogP contribution is 2.26. The summed E-state index contributed by atoms with van der Waals surface area (Å²) >= 11 is 0. The number of aromatic amines is 2. The van der Waals surface area contributed by atoms with Gasteiger partial charge in [-0.15, -0.1) is 0 Å². The van der Waals surface area contributed by atoms with E-state index in [9.17, 15) is 14.7 Å². The highest BCUT2D eigenvalue weighted by atomic mass is 16.4. The minimum Gasteiger partial charge on any atom is -0.478 e. The largest absolute Gasteiger partial charge is 0.478 e. The summed E-state index contributed by atoms with van der Waals surface area (Å²) in [6, 6.07) is 18.0. The molecule has 176 valence electrons. The molecule has 3 aromatic carbocycles. The van der Waals surface area contributed by atoms with Crippen molar-refractivity contribution in [1.82, 2.24) is 30.2 Å². The van der Waals surface area contributed by atoms with Crippen molar-refractivity contribution < 1.29 is 14.7 Å². The summed E-state index contributed by atoms with van der Waals surface area (Å²) in [7, 11) is 3.93. The molecule has 9 heteroatoms. The Labute approximate surface area is 200 Å². The van der Waals surface area contributed by atoms with Gasteiger partial charge in [-0.2, -0.15) is 0 Å². The molecule has 0 aliphatic heterocycles. The second-order valence-electron chi connectivity index (χ2n) is 8.58. The molecule has 0 atom stereocenters. The molecule has 2 heterocycles. The number of fused-ring (bicyclic) bond motifs is 2. The van der Waals surface area contributed by atoms with Gasteiger partial charge in [-0.1, -0.05) is 24.3 Å². The first-order valence-corrected chi connectivity index (χ1v) is 11.1. The molecule has 0 spiro atoms. The van der Waals surface area contributed by atoms with Crippen molar-refractivity contribution in [3.8, 4) is 22.8 Å². The van der Waals surface area contributed by atoms with E-state index >= 15 is 0 Å². The second-order valence-corrected chi connectivity index (χ2v) is 8.58. The summed E-state index contributed by atoms with van der Waals surface area (Å²) in [5.41, 5.74) is 5.49. The first kappa shape index (κ1) is 22.3. The molecular weight excluding hydrogens is 444 g/mol. The van der Waals surface area contributed by atoms with Gasteiger partial charge in [0.05, 0.1) is 27.6 Å². The summed E-state index contributed by atoms with van der Waals surface area (Å²) in [6.45, 7) is 1.35. The molecule has 0 aliphatic carbocycles. The number of nitrogens with zero attached hydrogens (tertiary/aromatic N) is 3. The predicted molar refractivity (Wildman–Crippen MR) is 134 cm³/mol. The van der Waals surface area contributed by atoms with Gasteiger partial charge >= 0.3 is 5.97 Å². The zero-order valence-corrected chi connectivity index (χ0v) is 19.3. The van der Waals surface area contributed by atoms with Crippen molar-refractivity contribution in [3.05, 3.63) is 71.8 Å². The number of carbonyl (C=O) groups excluding carboxylic acids is 1. The third-order valence-electron chi connectivity index (χ3n) is 5.75. The molecule has 0 saturated heterocycles. The molecule has 9 nitrogen and oxygen atoms in total. The van der Waals surface area contributed by atoms with E-state index in [4.69, 9.17) is 0 Å². The Bertz CT molecular complexity index is 1550. The van der Waals surface area contributed by atoms with Gasteiger partial charge < -0.3 is 25.3 Å². The number of hydrogen-bond acceptors (Lipinski definition) is 5. The Balaban J connectivity index is 1.36. The zero-order chi connectivity index (χ0) is 24.5. The molecule has 5 aromatic rings. The molecule has 4 N–H and O–H groups in total. The van der Waals surface area contributed by atoms with Crippen molar-refractivity contribution in [2.75, 3.05) is 27.2 Å². The van der Waals surface area contributed by atoms with Gasteiger partial charge in [0.25, 0.3) is 5.91 Å². The number of carboxylic acid groups (broad SMARTS) is 1. The Kier molecular flexibility index (Phi) is 5.76. The van der Waals surface area contributed by atoms with E-state index < -0.39 is 5.97 Å². The van der Waals surface area contributed by atoms with E-state index in [1.54, 1.807) is 24.3 Å². The van der Waals surface area contributed by atoms with Gasteiger partial charge in [0.15, 0.2) is 0 Å². The van der Waals surface area contributed by atoms with Gasteiger partial charge in [0.1, 0.15) is 11.6 Å². The average Bonchev–Trinajstić information content (AvgIpc) is 3.47. The van der Waals surface area contributed by atoms with Gasteiger partial charge in [-0.3, -0.25) is 4.79 Å². The Morgan fingerprint density at radius 1 is 0.829 bits per heavy atom.